The van der Waals surface area contributed by atoms with Crippen molar-refractivity contribution in [2.24, 2.45) is 11.8 Å². The monoisotopic (exact) mass is 199 g/mol. The van der Waals surface area contributed by atoms with E-state index < -0.39 is 0 Å². The van der Waals surface area contributed by atoms with Gasteiger partial charge in [-0.2, -0.15) is 0 Å². The Balaban J connectivity index is 3.64. The highest BCUT2D eigenvalue weighted by Gasteiger charge is 2.17. The molecule has 0 aliphatic carbocycles. The molecule has 0 aromatic heterocycles. The molecule has 0 radical (unpaired) electrons. The molecule has 0 heterocycles. The van der Waals surface area contributed by atoms with E-state index in [9.17, 15) is 0 Å². The quantitative estimate of drug-likeness (QED) is 0.586. The predicted molar refractivity (Wildman–Crippen MR) is 65.6 cm³/mol. The maximum Gasteiger partial charge on any atom is 0.0113 e. The van der Waals surface area contributed by atoms with Gasteiger partial charge in [0.05, 0.1) is 0 Å². The van der Waals surface area contributed by atoms with E-state index in [1.54, 1.807) is 0 Å². The molecule has 0 saturated carbocycles. The Morgan fingerprint density at radius 1 is 1.00 bits per heavy atom. The standard InChI is InChI=1S/C13H29N/c1-6-7-8-9-10-12(4)13(14-5)11(2)3/h11-14H,6-10H2,1-5H3. The van der Waals surface area contributed by atoms with Gasteiger partial charge in [-0.1, -0.05) is 53.4 Å². The van der Waals surface area contributed by atoms with Crippen LogP contribution in [0.5, 0.6) is 0 Å². The van der Waals surface area contributed by atoms with Gasteiger partial charge >= 0.3 is 0 Å². The molecule has 1 heteroatoms. The number of unbranched alkanes of at least 4 members (excludes halogenated alkanes) is 3. The van der Waals surface area contributed by atoms with Crippen molar-refractivity contribution < 1.29 is 0 Å². The lowest BCUT2D eigenvalue weighted by molar-refractivity contribution is 0.295. The summed E-state index contributed by atoms with van der Waals surface area (Å²) >= 11 is 0. The van der Waals surface area contributed by atoms with Crippen LogP contribution in [0, 0.1) is 11.8 Å². The van der Waals surface area contributed by atoms with Crippen molar-refractivity contribution in [1.29, 1.82) is 0 Å². The summed E-state index contributed by atoms with van der Waals surface area (Å²) in [5.41, 5.74) is 0. The molecule has 0 spiro atoms. The lowest BCUT2D eigenvalue weighted by Crippen LogP contribution is -2.36. The van der Waals surface area contributed by atoms with Crippen LogP contribution in [-0.2, 0) is 0 Å². The summed E-state index contributed by atoms with van der Waals surface area (Å²) in [4.78, 5) is 0. The van der Waals surface area contributed by atoms with E-state index in [0.717, 1.165) is 11.8 Å². The summed E-state index contributed by atoms with van der Waals surface area (Å²) in [6.45, 7) is 9.27. The molecule has 1 N–H and O–H groups in total. The molecule has 0 fully saturated rings. The summed E-state index contributed by atoms with van der Waals surface area (Å²) in [5, 5.41) is 3.44. The van der Waals surface area contributed by atoms with Gasteiger partial charge in [-0.05, 0) is 25.3 Å². The van der Waals surface area contributed by atoms with Gasteiger partial charge in [0.15, 0.2) is 0 Å². The van der Waals surface area contributed by atoms with Gasteiger partial charge in [0, 0.05) is 6.04 Å². The zero-order valence-corrected chi connectivity index (χ0v) is 10.8. The van der Waals surface area contributed by atoms with Gasteiger partial charge in [-0.3, -0.25) is 0 Å². The third kappa shape index (κ3) is 5.64. The first-order chi connectivity index (χ1) is 6.63. The van der Waals surface area contributed by atoms with Crippen molar-refractivity contribution in [3.63, 3.8) is 0 Å². The zero-order chi connectivity index (χ0) is 11.0. The normalized spacial score (nSPS) is 15.9. The molecule has 0 aliphatic rings. The fourth-order valence-electron chi connectivity index (χ4n) is 2.35. The first-order valence-corrected chi connectivity index (χ1v) is 6.30. The van der Waals surface area contributed by atoms with E-state index in [1.807, 2.05) is 0 Å². The minimum absolute atomic E-state index is 0.691. The second-order valence-electron chi connectivity index (χ2n) is 4.89. The van der Waals surface area contributed by atoms with Crippen LogP contribution in [0.25, 0.3) is 0 Å². The topological polar surface area (TPSA) is 12.0 Å². The third-order valence-electron chi connectivity index (χ3n) is 3.18. The molecule has 0 rings (SSSR count). The summed E-state index contributed by atoms with van der Waals surface area (Å²) in [5.74, 6) is 1.57. The van der Waals surface area contributed by atoms with Gasteiger partial charge in [0.1, 0.15) is 0 Å². The first kappa shape index (κ1) is 14.0. The molecule has 0 aliphatic heterocycles. The minimum atomic E-state index is 0.691. The number of nitrogens with one attached hydrogen (secondary N) is 1. The molecule has 1 nitrogen and oxygen atoms in total. The van der Waals surface area contributed by atoms with Gasteiger partial charge in [-0.25, -0.2) is 0 Å². The van der Waals surface area contributed by atoms with E-state index in [1.165, 1.54) is 32.1 Å². The molecule has 14 heavy (non-hydrogen) atoms. The Bertz CT molecular complexity index is 120. The maximum absolute atomic E-state index is 3.44. The number of hydrogen-bond donors (Lipinski definition) is 1. The Hall–Kier alpha value is -0.0400. The summed E-state index contributed by atoms with van der Waals surface area (Å²) in [6, 6.07) is 0.691. The van der Waals surface area contributed by atoms with Crippen molar-refractivity contribution in [2.45, 2.75) is 65.8 Å². The van der Waals surface area contributed by atoms with Crippen LogP contribution >= 0.6 is 0 Å². The molecular formula is C13H29N. The van der Waals surface area contributed by atoms with E-state index in [4.69, 9.17) is 0 Å². The minimum Gasteiger partial charge on any atom is -0.316 e. The van der Waals surface area contributed by atoms with Crippen LogP contribution in [0.15, 0.2) is 0 Å². The fourth-order valence-corrected chi connectivity index (χ4v) is 2.35. The van der Waals surface area contributed by atoms with Crippen molar-refractivity contribution in [3.05, 3.63) is 0 Å². The first-order valence-electron chi connectivity index (χ1n) is 6.30. The van der Waals surface area contributed by atoms with Crippen LogP contribution in [0.3, 0.4) is 0 Å². The second-order valence-corrected chi connectivity index (χ2v) is 4.89. The third-order valence-corrected chi connectivity index (χ3v) is 3.18. The van der Waals surface area contributed by atoms with Gasteiger partial charge in [0.2, 0.25) is 0 Å². The van der Waals surface area contributed by atoms with Crippen molar-refractivity contribution in [3.8, 4) is 0 Å². The highest BCUT2D eigenvalue weighted by molar-refractivity contribution is 4.74. The second kappa shape index (κ2) is 8.28. The van der Waals surface area contributed by atoms with Gasteiger partial charge < -0.3 is 5.32 Å². The van der Waals surface area contributed by atoms with Gasteiger partial charge in [-0.15, -0.1) is 0 Å². The van der Waals surface area contributed by atoms with E-state index in [-0.39, 0.29) is 0 Å². The molecule has 2 atom stereocenters. The molecular weight excluding hydrogens is 170 g/mol. The average molecular weight is 199 g/mol. The van der Waals surface area contributed by atoms with Crippen LogP contribution in [0.1, 0.15) is 59.8 Å². The molecule has 2 unspecified atom stereocenters. The van der Waals surface area contributed by atoms with Crippen molar-refractivity contribution >= 4 is 0 Å². The van der Waals surface area contributed by atoms with E-state index >= 15 is 0 Å². The molecule has 0 amide bonds. The lowest BCUT2D eigenvalue weighted by atomic mass is 9.88. The Morgan fingerprint density at radius 3 is 2.07 bits per heavy atom. The molecule has 86 valence electrons. The highest BCUT2D eigenvalue weighted by atomic mass is 14.9. The van der Waals surface area contributed by atoms with Crippen LogP contribution < -0.4 is 5.32 Å². The summed E-state index contributed by atoms with van der Waals surface area (Å²) in [6.07, 6.45) is 6.94. The Kier molecular flexibility index (Phi) is 8.26. The average Bonchev–Trinajstić information content (AvgIpc) is 2.13. The molecule has 0 aromatic rings. The largest absolute Gasteiger partial charge is 0.316 e. The lowest BCUT2D eigenvalue weighted by Gasteiger charge is -2.27. The number of hydrogen-bond acceptors (Lipinski definition) is 1. The SMILES string of the molecule is CCCCCCC(C)C(NC)C(C)C. The van der Waals surface area contributed by atoms with Crippen molar-refractivity contribution in [1.82, 2.24) is 5.32 Å². The number of rotatable bonds is 8. The summed E-state index contributed by atoms with van der Waals surface area (Å²) in [7, 11) is 2.09. The van der Waals surface area contributed by atoms with E-state index in [2.05, 4.69) is 40.1 Å². The fraction of sp³-hybridized carbons (Fsp3) is 1.00. The molecule has 0 aromatic carbocycles. The smallest absolute Gasteiger partial charge is 0.0113 e. The van der Waals surface area contributed by atoms with Crippen LogP contribution in [0.4, 0.5) is 0 Å². The predicted octanol–water partition coefficient (Wildman–Crippen LogP) is 3.84. The zero-order valence-electron chi connectivity index (χ0n) is 10.8. The van der Waals surface area contributed by atoms with Crippen LogP contribution in [0.2, 0.25) is 0 Å². The van der Waals surface area contributed by atoms with E-state index in [0.29, 0.717) is 6.04 Å². The molecule has 0 bridgehead atoms. The molecule has 0 saturated heterocycles. The highest BCUT2D eigenvalue weighted by Crippen LogP contribution is 2.18. The van der Waals surface area contributed by atoms with Gasteiger partial charge in [0.25, 0.3) is 0 Å². The Labute approximate surface area is 90.7 Å². The maximum atomic E-state index is 3.44. The van der Waals surface area contributed by atoms with Crippen molar-refractivity contribution in [2.75, 3.05) is 7.05 Å². The van der Waals surface area contributed by atoms with Crippen LogP contribution in [-0.4, -0.2) is 13.1 Å². The summed E-state index contributed by atoms with van der Waals surface area (Å²) < 4.78 is 0. The Morgan fingerprint density at radius 2 is 1.64 bits per heavy atom.